The number of nitrogen functional groups attached to an aromatic ring is 1. The molecule has 0 spiro atoms. The van der Waals surface area contributed by atoms with Crippen molar-refractivity contribution in [2.45, 2.75) is 6.92 Å². The van der Waals surface area contributed by atoms with Gasteiger partial charge in [-0.25, -0.2) is 4.39 Å². The third kappa shape index (κ3) is 2.97. The van der Waals surface area contributed by atoms with Gasteiger partial charge < -0.3 is 16.0 Å². The van der Waals surface area contributed by atoms with Crippen molar-refractivity contribution in [2.75, 3.05) is 25.9 Å². The number of nitrogens with zero attached hydrogens (tertiary/aromatic N) is 1. The number of benzene rings is 1. The molecule has 112 valence electrons. The molecule has 7 heteroatoms. The Labute approximate surface area is 125 Å². The van der Waals surface area contributed by atoms with Crippen molar-refractivity contribution in [3.05, 3.63) is 28.9 Å². The van der Waals surface area contributed by atoms with Gasteiger partial charge in [0.25, 0.3) is 5.91 Å². The van der Waals surface area contributed by atoms with Crippen LogP contribution >= 0.6 is 11.3 Å². The lowest BCUT2D eigenvalue weighted by Gasteiger charge is -2.19. The van der Waals surface area contributed by atoms with Gasteiger partial charge in [0.1, 0.15) is 10.7 Å². The Balaban J connectivity index is 2.38. The Morgan fingerprint density at radius 2 is 2.14 bits per heavy atom. The second-order valence-electron chi connectivity index (χ2n) is 4.48. The number of halogens is 1. The van der Waals surface area contributed by atoms with Crippen molar-refractivity contribution >= 4 is 38.9 Å². The lowest BCUT2D eigenvalue weighted by molar-refractivity contribution is -0.121. The molecular weight excluding hydrogens is 293 g/mol. The average Bonchev–Trinajstić information content (AvgIpc) is 2.80. The number of carbonyl (C=O) groups is 2. The standard InChI is InChI=1S/C14H16FN3O2S/c1-3-18(7-11(19)17-2)14(20)13-12(16)9-6-8(15)4-5-10(9)21-13/h4-6H,3,7,16H2,1-2H3,(H,17,19). The van der Waals surface area contributed by atoms with Crippen molar-refractivity contribution in [1.82, 2.24) is 10.2 Å². The number of thiophene rings is 1. The number of anilines is 1. The van der Waals surface area contributed by atoms with Crippen molar-refractivity contribution < 1.29 is 14.0 Å². The molecule has 0 fully saturated rings. The first kappa shape index (κ1) is 15.2. The molecule has 0 aliphatic carbocycles. The van der Waals surface area contributed by atoms with Gasteiger partial charge in [-0.05, 0) is 25.1 Å². The number of rotatable bonds is 4. The molecule has 1 aromatic heterocycles. The summed E-state index contributed by atoms with van der Waals surface area (Å²) >= 11 is 1.20. The molecule has 1 aromatic carbocycles. The lowest BCUT2D eigenvalue weighted by Crippen LogP contribution is -2.39. The van der Waals surface area contributed by atoms with Crippen LogP contribution in [0.5, 0.6) is 0 Å². The van der Waals surface area contributed by atoms with Crippen LogP contribution in [0, 0.1) is 5.82 Å². The van der Waals surface area contributed by atoms with E-state index in [0.717, 1.165) is 4.70 Å². The third-order valence-corrected chi connectivity index (χ3v) is 4.34. The zero-order chi connectivity index (χ0) is 15.6. The van der Waals surface area contributed by atoms with Crippen LogP contribution in [0.15, 0.2) is 18.2 Å². The SMILES string of the molecule is CCN(CC(=O)NC)C(=O)c1sc2ccc(F)cc2c1N. The van der Waals surface area contributed by atoms with Gasteiger partial charge >= 0.3 is 0 Å². The molecule has 0 unspecified atom stereocenters. The van der Waals surface area contributed by atoms with Gasteiger partial charge in [0.05, 0.1) is 12.2 Å². The summed E-state index contributed by atoms with van der Waals surface area (Å²) in [5, 5.41) is 3.00. The van der Waals surface area contributed by atoms with Crippen LogP contribution in [0.1, 0.15) is 16.6 Å². The predicted molar refractivity (Wildman–Crippen MR) is 81.8 cm³/mol. The molecule has 0 atom stereocenters. The summed E-state index contributed by atoms with van der Waals surface area (Å²) in [6, 6.07) is 4.24. The van der Waals surface area contributed by atoms with E-state index in [1.807, 2.05) is 0 Å². The Morgan fingerprint density at radius 1 is 1.43 bits per heavy atom. The van der Waals surface area contributed by atoms with E-state index in [2.05, 4.69) is 5.32 Å². The Hall–Kier alpha value is -2.15. The topological polar surface area (TPSA) is 75.4 Å². The normalized spacial score (nSPS) is 10.6. The fourth-order valence-electron chi connectivity index (χ4n) is 1.97. The van der Waals surface area contributed by atoms with Gasteiger partial charge in [-0.1, -0.05) is 0 Å². The second kappa shape index (κ2) is 6.09. The molecule has 0 bridgehead atoms. The van der Waals surface area contributed by atoms with Gasteiger partial charge in [0.15, 0.2) is 0 Å². The third-order valence-electron chi connectivity index (χ3n) is 3.16. The van der Waals surface area contributed by atoms with E-state index in [1.165, 1.54) is 35.4 Å². The van der Waals surface area contributed by atoms with Crippen LogP contribution in [0.3, 0.4) is 0 Å². The van der Waals surface area contributed by atoms with Crippen molar-refractivity contribution in [3.63, 3.8) is 0 Å². The number of hydrogen-bond acceptors (Lipinski definition) is 4. The molecule has 2 aromatic rings. The highest BCUT2D eigenvalue weighted by molar-refractivity contribution is 7.21. The van der Waals surface area contributed by atoms with Gasteiger partial charge in [-0.15, -0.1) is 11.3 Å². The van der Waals surface area contributed by atoms with Gasteiger partial charge in [0.2, 0.25) is 5.91 Å². The number of carbonyl (C=O) groups excluding carboxylic acids is 2. The average molecular weight is 309 g/mol. The molecule has 0 aliphatic rings. The van der Waals surface area contributed by atoms with E-state index in [-0.39, 0.29) is 24.0 Å². The molecule has 2 rings (SSSR count). The second-order valence-corrected chi connectivity index (χ2v) is 5.53. The highest BCUT2D eigenvalue weighted by Gasteiger charge is 2.22. The molecule has 5 nitrogen and oxygen atoms in total. The maximum absolute atomic E-state index is 13.3. The smallest absolute Gasteiger partial charge is 0.266 e. The zero-order valence-electron chi connectivity index (χ0n) is 11.8. The Kier molecular flexibility index (Phi) is 4.42. The number of amides is 2. The Morgan fingerprint density at radius 3 is 2.76 bits per heavy atom. The molecule has 3 N–H and O–H groups in total. The summed E-state index contributed by atoms with van der Waals surface area (Å²) in [7, 11) is 1.51. The van der Waals surface area contributed by atoms with Gasteiger partial charge in [-0.2, -0.15) is 0 Å². The molecule has 0 aliphatic heterocycles. The summed E-state index contributed by atoms with van der Waals surface area (Å²) in [6.45, 7) is 2.13. The zero-order valence-corrected chi connectivity index (χ0v) is 12.6. The van der Waals surface area contributed by atoms with Crippen molar-refractivity contribution in [2.24, 2.45) is 0 Å². The molecule has 21 heavy (non-hydrogen) atoms. The number of fused-ring (bicyclic) bond motifs is 1. The van der Waals surface area contributed by atoms with E-state index < -0.39 is 5.82 Å². The summed E-state index contributed by atoms with van der Waals surface area (Å²) in [6.07, 6.45) is 0. The van der Waals surface area contributed by atoms with Crippen LogP contribution in [0.25, 0.3) is 10.1 Å². The maximum Gasteiger partial charge on any atom is 0.266 e. The van der Waals surface area contributed by atoms with E-state index in [0.29, 0.717) is 16.8 Å². The number of nitrogens with one attached hydrogen (secondary N) is 1. The summed E-state index contributed by atoms with van der Waals surface area (Å²) < 4.78 is 14.0. The largest absolute Gasteiger partial charge is 0.397 e. The van der Waals surface area contributed by atoms with Crippen molar-refractivity contribution in [3.8, 4) is 0 Å². The van der Waals surface area contributed by atoms with E-state index in [9.17, 15) is 14.0 Å². The van der Waals surface area contributed by atoms with Crippen LogP contribution in [-0.2, 0) is 4.79 Å². The Bertz CT molecular complexity index is 699. The minimum Gasteiger partial charge on any atom is -0.397 e. The quantitative estimate of drug-likeness (QED) is 0.905. The van der Waals surface area contributed by atoms with Gasteiger partial charge in [0, 0.05) is 23.7 Å². The first-order chi connectivity index (χ1) is 9.97. The van der Waals surface area contributed by atoms with E-state index in [1.54, 1.807) is 13.0 Å². The molecular formula is C14H16FN3O2S. The minimum absolute atomic E-state index is 0.0338. The summed E-state index contributed by atoms with van der Waals surface area (Å²) in [5.74, 6) is -0.972. The molecule has 0 saturated carbocycles. The molecule has 1 heterocycles. The van der Waals surface area contributed by atoms with Crippen LogP contribution in [0.2, 0.25) is 0 Å². The molecule has 2 amide bonds. The number of likely N-dealkylation sites (N-methyl/N-ethyl adjacent to an activating group) is 2. The highest BCUT2D eigenvalue weighted by Crippen LogP contribution is 2.34. The maximum atomic E-state index is 13.3. The van der Waals surface area contributed by atoms with Crippen LogP contribution in [0.4, 0.5) is 10.1 Å². The first-order valence-corrected chi connectivity index (χ1v) is 7.27. The number of hydrogen-bond donors (Lipinski definition) is 2. The molecule has 0 radical (unpaired) electrons. The fourth-order valence-corrected chi connectivity index (χ4v) is 3.04. The fraction of sp³-hybridized carbons (Fsp3) is 0.286. The predicted octanol–water partition coefficient (Wildman–Crippen LogP) is 1.83. The van der Waals surface area contributed by atoms with E-state index >= 15 is 0 Å². The highest BCUT2D eigenvalue weighted by atomic mass is 32.1. The lowest BCUT2D eigenvalue weighted by atomic mass is 10.2. The van der Waals surface area contributed by atoms with E-state index in [4.69, 9.17) is 5.73 Å². The molecule has 0 saturated heterocycles. The summed E-state index contributed by atoms with van der Waals surface area (Å²) in [5.41, 5.74) is 6.22. The monoisotopic (exact) mass is 309 g/mol. The summed E-state index contributed by atoms with van der Waals surface area (Å²) in [4.78, 5) is 25.7. The first-order valence-electron chi connectivity index (χ1n) is 6.45. The van der Waals surface area contributed by atoms with Gasteiger partial charge in [-0.3, -0.25) is 9.59 Å². The van der Waals surface area contributed by atoms with Crippen LogP contribution in [-0.4, -0.2) is 36.9 Å². The number of nitrogens with two attached hydrogens (primary N) is 1. The van der Waals surface area contributed by atoms with Crippen molar-refractivity contribution in [1.29, 1.82) is 0 Å². The minimum atomic E-state index is -0.399. The van der Waals surface area contributed by atoms with Crippen LogP contribution < -0.4 is 11.1 Å².